The van der Waals surface area contributed by atoms with Crippen molar-refractivity contribution in [2.24, 2.45) is 5.16 Å². The molecule has 0 radical (unpaired) electrons. The molecule has 4 rings (SSSR count). The van der Waals surface area contributed by atoms with Crippen LogP contribution in [0.15, 0.2) is 84.0 Å². The second-order valence-corrected chi connectivity index (χ2v) is 9.59. The van der Waals surface area contributed by atoms with Crippen LogP contribution in [0.2, 0.25) is 0 Å². The van der Waals surface area contributed by atoms with Gasteiger partial charge in [0.1, 0.15) is 12.4 Å². The standard InChI is InChI=1S/C30H30F3N3O6/c31-30(32,33)24-10-6-22(7-11-24)19-41-34-27(18-21-4-2-1-3-5-21)23-8-12-25(13-9-23)40-20-28(37)35-42-26-14-16-36(17-15-26)29(38)39/h1-13,26H,14-20H2,(H,35,37)(H,38,39). The number of rotatable bonds is 11. The van der Waals surface area contributed by atoms with Crippen LogP contribution in [0.25, 0.3) is 0 Å². The quantitative estimate of drug-likeness (QED) is 0.229. The topological polar surface area (TPSA) is 110 Å². The van der Waals surface area contributed by atoms with E-state index in [9.17, 15) is 22.8 Å². The number of amides is 2. The van der Waals surface area contributed by atoms with Crippen molar-refractivity contribution in [2.45, 2.75) is 38.1 Å². The van der Waals surface area contributed by atoms with Crippen LogP contribution in [-0.2, 0) is 33.7 Å². The molecule has 12 heteroatoms. The molecule has 0 atom stereocenters. The summed E-state index contributed by atoms with van der Waals surface area (Å²) in [6.45, 7) is 0.394. The molecule has 9 nitrogen and oxygen atoms in total. The highest BCUT2D eigenvalue weighted by molar-refractivity contribution is 6.01. The minimum atomic E-state index is -4.41. The molecule has 1 heterocycles. The summed E-state index contributed by atoms with van der Waals surface area (Å²) in [5.74, 6) is -0.0452. The number of nitrogens with one attached hydrogen (secondary N) is 1. The van der Waals surface area contributed by atoms with Crippen molar-refractivity contribution in [1.29, 1.82) is 0 Å². The Labute approximate surface area is 240 Å². The lowest BCUT2D eigenvalue weighted by Crippen LogP contribution is -2.42. The summed E-state index contributed by atoms with van der Waals surface area (Å²) in [5.41, 5.74) is 4.48. The molecule has 0 aliphatic carbocycles. The second kappa shape index (κ2) is 14.4. The summed E-state index contributed by atoms with van der Waals surface area (Å²) in [4.78, 5) is 35.3. The predicted octanol–water partition coefficient (Wildman–Crippen LogP) is 5.44. The monoisotopic (exact) mass is 585 g/mol. The van der Waals surface area contributed by atoms with E-state index in [4.69, 9.17) is 19.5 Å². The van der Waals surface area contributed by atoms with Crippen molar-refractivity contribution in [3.05, 3.63) is 101 Å². The van der Waals surface area contributed by atoms with E-state index in [1.807, 2.05) is 30.3 Å². The molecule has 3 aromatic carbocycles. The van der Waals surface area contributed by atoms with Gasteiger partial charge in [-0.2, -0.15) is 13.2 Å². The molecule has 0 bridgehead atoms. The van der Waals surface area contributed by atoms with Crippen LogP contribution in [-0.4, -0.2) is 53.5 Å². The van der Waals surface area contributed by atoms with Crippen LogP contribution in [0.4, 0.5) is 18.0 Å². The van der Waals surface area contributed by atoms with Gasteiger partial charge in [-0.05, 0) is 65.9 Å². The minimum absolute atomic E-state index is 0.00647. The molecule has 3 aromatic rings. The van der Waals surface area contributed by atoms with Gasteiger partial charge in [0.15, 0.2) is 6.61 Å². The molecule has 0 aromatic heterocycles. The fourth-order valence-electron chi connectivity index (χ4n) is 4.19. The molecule has 1 fully saturated rings. The number of hydroxylamine groups is 1. The zero-order valence-electron chi connectivity index (χ0n) is 22.5. The molecule has 1 saturated heterocycles. The third-order valence-corrected chi connectivity index (χ3v) is 6.51. The lowest BCUT2D eigenvalue weighted by atomic mass is 10.0. The average Bonchev–Trinajstić information content (AvgIpc) is 2.99. The van der Waals surface area contributed by atoms with Crippen LogP contribution >= 0.6 is 0 Å². The second-order valence-electron chi connectivity index (χ2n) is 9.59. The number of carboxylic acid groups (broad SMARTS) is 1. The molecule has 222 valence electrons. The van der Waals surface area contributed by atoms with Gasteiger partial charge in [-0.25, -0.2) is 10.3 Å². The number of alkyl halides is 3. The van der Waals surface area contributed by atoms with Gasteiger partial charge < -0.3 is 19.6 Å². The number of nitrogens with zero attached hydrogens (tertiary/aromatic N) is 2. The predicted molar refractivity (Wildman–Crippen MR) is 147 cm³/mol. The van der Waals surface area contributed by atoms with Gasteiger partial charge >= 0.3 is 12.3 Å². The number of carbonyl (C=O) groups excluding carboxylic acids is 1. The minimum Gasteiger partial charge on any atom is -0.484 e. The smallest absolute Gasteiger partial charge is 0.416 e. The van der Waals surface area contributed by atoms with E-state index >= 15 is 0 Å². The Kier molecular flexibility index (Phi) is 10.4. The van der Waals surface area contributed by atoms with Crippen molar-refractivity contribution in [3.8, 4) is 5.75 Å². The first-order valence-electron chi connectivity index (χ1n) is 13.2. The maximum Gasteiger partial charge on any atom is 0.416 e. The summed E-state index contributed by atoms with van der Waals surface area (Å²) >= 11 is 0. The number of piperidine rings is 1. The highest BCUT2D eigenvalue weighted by Crippen LogP contribution is 2.29. The van der Waals surface area contributed by atoms with E-state index in [1.165, 1.54) is 17.0 Å². The van der Waals surface area contributed by atoms with Crippen molar-refractivity contribution in [2.75, 3.05) is 19.7 Å². The molecule has 0 saturated carbocycles. The van der Waals surface area contributed by atoms with E-state index in [1.54, 1.807) is 24.3 Å². The van der Waals surface area contributed by atoms with Gasteiger partial charge in [-0.15, -0.1) is 0 Å². The third-order valence-electron chi connectivity index (χ3n) is 6.51. The van der Waals surface area contributed by atoms with Crippen LogP contribution in [0.1, 0.15) is 35.1 Å². The fraction of sp³-hybridized carbons (Fsp3) is 0.300. The van der Waals surface area contributed by atoms with Crippen LogP contribution < -0.4 is 10.2 Å². The van der Waals surface area contributed by atoms with Gasteiger partial charge in [-0.1, -0.05) is 47.6 Å². The number of carbonyl (C=O) groups is 2. The number of hydrogen-bond donors (Lipinski definition) is 2. The molecule has 2 amide bonds. The van der Waals surface area contributed by atoms with Crippen LogP contribution in [0.3, 0.4) is 0 Å². The Morgan fingerprint density at radius 3 is 2.21 bits per heavy atom. The Hall–Kier alpha value is -4.58. The average molecular weight is 586 g/mol. The van der Waals surface area contributed by atoms with Crippen LogP contribution in [0.5, 0.6) is 5.75 Å². The van der Waals surface area contributed by atoms with Crippen molar-refractivity contribution in [3.63, 3.8) is 0 Å². The number of benzene rings is 3. The summed E-state index contributed by atoms with van der Waals surface area (Å²) < 4.78 is 44.0. The lowest BCUT2D eigenvalue weighted by molar-refractivity contribution is -0.142. The van der Waals surface area contributed by atoms with Gasteiger partial charge in [0.25, 0.3) is 5.91 Å². The zero-order chi connectivity index (χ0) is 30.0. The maximum atomic E-state index is 12.8. The molecule has 0 unspecified atom stereocenters. The summed E-state index contributed by atoms with van der Waals surface area (Å²) in [6, 6.07) is 21.2. The van der Waals surface area contributed by atoms with Crippen LogP contribution in [0, 0.1) is 0 Å². The van der Waals surface area contributed by atoms with E-state index in [-0.39, 0.29) is 19.3 Å². The Morgan fingerprint density at radius 1 is 0.929 bits per heavy atom. The normalized spacial score (nSPS) is 14.4. The van der Waals surface area contributed by atoms with Gasteiger partial charge in [-0.3, -0.25) is 9.63 Å². The summed E-state index contributed by atoms with van der Waals surface area (Å²) in [6.07, 6.45) is -4.24. The molecular formula is C30H30F3N3O6. The van der Waals surface area contributed by atoms with E-state index in [0.29, 0.717) is 49.4 Å². The molecule has 1 aliphatic rings. The number of likely N-dealkylation sites (tertiary alicyclic amines) is 1. The lowest BCUT2D eigenvalue weighted by Gasteiger charge is -2.29. The SMILES string of the molecule is O=C(COc1ccc(C(Cc2ccccc2)=NOCc2ccc(C(F)(F)F)cc2)cc1)NOC1CCN(C(=O)O)CC1. The van der Waals surface area contributed by atoms with E-state index in [0.717, 1.165) is 23.3 Å². The number of ether oxygens (including phenoxy) is 1. The van der Waals surface area contributed by atoms with Crippen molar-refractivity contribution < 1.29 is 42.3 Å². The molecular weight excluding hydrogens is 555 g/mol. The van der Waals surface area contributed by atoms with Crippen molar-refractivity contribution >= 4 is 17.7 Å². The van der Waals surface area contributed by atoms with E-state index in [2.05, 4.69) is 10.6 Å². The molecule has 1 aliphatic heterocycles. The van der Waals surface area contributed by atoms with E-state index < -0.39 is 23.7 Å². The first-order valence-corrected chi connectivity index (χ1v) is 13.2. The first-order chi connectivity index (χ1) is 20.2. The molecule has 2 N–H and O–H groups in total. The van der Waals surface area contributed by atoms with Crippen molar-refractivity contribution in [1.82, 2.24) is 10.4 Å². The van der Waals surface area contributed by atoms with Gasteiger partial charge in [0.05, 0.1) is 17.4 Å². The Morgan fingerprint density at radius 2 is 1.60 bits per heavy atom. The summed E-state index contributed by atoms with van der Waals surface area (Å²) in [7, 11) is 0. The third kappa shape index (κ3) is 9.23. The Balaban J connectivity index is 1.31. The largest absolute Gasteiger partial charge is 0.484 e. The fourth-order valence-corrected chi connectivity index (χ4v) is 4.19. The number of hydrogen-bond acceptors (Lipinski definition) is 6. The highest BCUT2D eigenvalue weighted by atomic mass is 19.4. The number of halogens is 3. The maximum absolute atomic E-state index is 12.8. The highest BCUT2D eigenvalue weighted by Gasteiger charge is 2.30. The van der Waals surface area contributed by atoms with Gasteiger partial charge in [0, 0.05) is 19.5 Å². The summed E-state index contributed by atoms with van der Waals surface area (Å²) in [5, 5.41) is 13.3. The number of oxime groups is 1. The zero-order valence-corrected chi connectivity index (χ0v) is 22.5. The van der Waals surface area contributed by atoms with Gasteiger partial charge in [0.2, 0.25) is 0 Å². The molecule has 0 spiro atoms. The first kappa shape index (κ1) is 30.4. The Bertz CT molecular complexity index is 1340. The molecule has 42 heavy (non-hydrogen) atoms.